The van der Waals surface area contributed by atoms with Crippen molar-refractivity contribution in [3.8, 4) is 0 Å². The fourth-order valence-electron chi connectivity index (χ4n) is 5.72. The van der Waals surface area contributed by atoms with Gasteiger partial charge in [-0.2, -0.15) is 0 Å². The summed E-state index contributed by atoms with van der Waals surface area (Å²) < 4.78 is 2.60. The lowest BCUT2D eigenvalue weighted by atomic mass is 9.93. The van der Waals surface area contributed by atoms with Gasteiger partial charge < -0.3 is 0 Å². The highest BCUT2D eigenvalue weighted by Gasteiger charge is 2.25. The number of nitrogens with one attached hydrogen (secondary N) is 1. The van der Waals surface area contributed by atoms with Crippen LogP contribution in [-0.4, -0.2) is 4.98 Å². The SMILES string of the molecule is CCCCCCCCCCCCCCCC(CCCCC)c1[nH]cc[n+]1C(C)CCCCCCC. The normalized spacial score (nSPS) is 13.4. The third-order valence-corrected chi connectivity index (χ3v) is 8.14. The highest BCUT2D eigenvalue weighted by atomic mass is 15.1. The summed E-state index contributed by atoms with van der Waals surface area (Å²) in [7, 11) is 0. The molecule has 1 rings (SSSR count). The summed E-state index contributed by atoms with van der Waals surface area (Å²) in [6.07, 6.45) is 38.3. The molecule has 0 aliphatic heterocycles. The Balaban J connectivity index is 2.31. The molecule has 1 N–H and O–H groups in total. The summed E-state index contributed by atoms with van der Waals surface area (Å²) in [6.45, 7) is 9.38. The minimum absolute atomic E-state index is 0.623. The molecule has 0 aromatic carbocycles. The number of unbranched alkanes of at least 4 members (excludes halogenated alkanes) is 18. The summed E-state index contributed by atoms with van der Waals surface area (Å²) in [6, 6.07) is 0.623. The standard InChI is InChI=1S/C33H64N2/c1-5-8-11-13-14-15-16-17-18-19-20-22-25-28-32(27-23-10-7-3)33-34-29-30-35(33)31(4)26-24-21-12-9-6-2/h29-32H,5-28H2,1-4H3/p+1. The molecule has 0 fully saturated rings. The number of nitrogens with zero attached hydrogens (tertiary/aromatic N) is 1. The number of imidazole rings is 1. The van der Waals surface area contributed by atoms with E-state index in [4.69, 9.17) is 0 Å². The van der Waals surface area contributed by atoms with Crippen molar-refractivity contribution in [1.29, 1.82) is 0 Å². The zero-order chi connectivity index (χ0) is 25.4. The second kappa shape index (κ2) is 23.6. The number of aromatic nitrogens is 2. The van der Waals surface area contributed by atoms with E-state index in [0.717, 1.165) is 0 Å². The minimum atomic E-state index is 0.623. The molecule has 0 spiro atoms. The molecule has 2 heteroatoms. The highest BCUT2D eigenvalue weighted by Crippen LogP contribution is 2.27. The fraction of sp³-hybridized carbons (Fsp3) is 0.909. The largest absolute Gasteiger partial charge is 0.257 e. The Morgan fingerprint density at radius 3 is 1.40 bits per heavy atom. The molecule has 0 saturated carbocycles. The second-order valence-corrected chi connectivity index (χ2v) is 11.5. The summed E-state index contributed by atoms with van der Waals surface area (Å²) in [4.78, 5) is 3.68. The van der Waals surface area contributed by atoms with E-state index in [1.807, 2.05) is 0 Å². The molecule has 2 nitrogen and oxygen atoms in total. The van der Waals surface area contributed by atoms with E-state index in [2.05, 4.69) is 49.6 Å². The van der Waals surface area contributed by atoms with Crippen molar-refractivity contribution in [2.45, 2.75) is 194 Å². The topological polar surface area (TPSA) is 19.7 Å². The molecular formula is C33H65N2+. The number of hydrogen-bond donors (Lipinski definition) is 1. The van der Waals surface area contributed by atoms with Crippen molar-refractivity contribution in [3.05, 3.63) is 18.2 Å². The molecule has 0 aliphatic carbocycles. The van der Waals surface area contributed by atoms with Gasteiger partial charge in [-0.25, -0.2) is 9.55 Å². The Kier molecular flexibility index (Phi) is 21.7. The summed E-state index contributed by atoms with van der Waals surface area (Å²) in [5.74, 6) is 2.23. The minimum Gasteiger partial charge on any atom is -0.247 e. The molecule has 1 heterocycles. The predicted octanol–water partition coefficient (Wildman–Crippen LogP) is 11.4. The van der Waals surface area contributed by atoms with Gasteiger partial charge in [0.25, 0.3) is 5.82 Å². The average molecular weight is 490 g/mol. The van der Waals surface area contributed by atoms with Crippen LogP contribution in [0.4, 0.5) is 0 Å². The molecule has 206 valence electrons. The van der Waals surface area contributed by atoms with Crippen molar-refractivity contribution in [3.63, 3.8) is 0 Å². The summed E-state index contributed by atoms with van der Waals surface area (Å²) in [5.41, 5.74) is 0. The molecule has 0 amide bonds. The number of hydrogen-bond acceptors (Lipinski definition) is 0. The Bertz CT molecular complexity index is 549. The first-order valence-electron chi connectivity index (χ1n) is 16.3. The van der Waals surface area contributed by atoms with Crippen LogP contribution < -0.4 is 4.57 Å². The van der Waals surface area contributed by atoms with Gasteiger partial charge in [-0.1, -0.05) is 149 Å². The molecule has 0 saturated heterocycles. The Morgan fingerprint density at radius 1 is 0.543 bits per heavy atom. The first-order valence-corrected chi connectivity index (χ1v) is 16.3. The molecule has 0 aliphatic rings. The second-order valence-electron chi connectivity index (χ2n) is 11.5. The van der Waals surface area contributed by atoms with E-state index in [1.165, 1.54) is 160 Å². The number of H-pyrrole nitrogens is 1. The lowest BCUT2D eigenvalue weighted by Gasteiger charge is -2.17. The van der Waals surface area contributed by atoms with E-state index in [0.29, 0.717) is 12.0 Å². The lowest BCUT2D eigenvalue weighted by Crippen LogP contribution is -2.41. The van der Waals surface area contributed by atoms with Crippen molar-refractivity contribution < 1.29 is 4.57 Å². The van der Waals surface area contributed by atoms with Crippen LogP contribution in [0.3, 0.4) is 0 Å². The first-order chi connectivity index (χ1) is 17.2. The molecule has 35 heavy (non-hydrogen) atoms. The third-order valence-electron chi connectivity index (χ3n) is 8.14. The quantitative estimate of drug-likeness (QED) is 0.0985. The smallest absolute Gasteiger partial charge is 0.247 e. The maximum Gasteiger partial charge on any atom is 0.257 e. The van der Waals surface area contributed by atoms with Gasteiger partial charge >= 0.3 is 0 Å². The Morgan fingerprint density at radius 2 is 0.914 bits per heavy atom. The van der Waals surface area contributed by atoms with Gasteiger partial charge in [-0.15, -0.1) is 0 Å². The summed E-state index contributed by atoms with van der Waals surface area (Å²) in [5, 5.41) is 0. The van der Waals surface area contributed by atoms with Crippen LogP contribution in [0.1, 0.15) is 200 Å². The fourth-order valence-corrected chi connectivity index (χ4v) is 5.72. The third kappa shape index (κ3) is 16.6. The molecule has 1 aromatic rings. The van der Waals surface area contributed by atoms with Gasteiger partial charge in [-0.05, 0) is 32.6 Å². The van der Waals surface area contributed by atoms with E-state index in [-0.39, 0.29) is 0 Å². The molecule has 0 radical (unpaired) electrons. The van der Waals surface area contributed by atoms with Crippen LogP contribution in [0.5, 0.6) is 0 Å². The van der Waals surface area contributed by atoms with Crippen LogP contribution in [0.2, 0.25) is 0 Å². The van der Waals surface area contributed by atoms with Crippen molar-refractivity contribution >= 4 is 0 Å². The van der Waals surface area contributed by atoms with Crippen LogP contribution >= 0.6 is 0 Å². The van der Waals surface area contributed by atoms with Crippen LogP contribution in [0, 0.1) is 0 Å². The first kappa shape index (κ1) is 32.2. The van der Waals surface area contributed by atoms with Gasteiger partial charge in [0.1, 0.15) is 12.4 Å². The van der Waals surface area contributed by atoms with Gasteiger partial charge in [0.05, 0.1) is 12.0 Å². The Hall–Kier alpha value is -0.790. The van der Waals surface area contributed by atoms with Crippen molar-refractivity contribution in [2.75, 3.05) is 0 Å². The van der Waals surface area contributed by atoms with E-state index < -0.39 is 0 Å². The zero-order valence-corrected chi connectivity index (χ0v) is 24.7. The van der Waals surface area contributed by atoms with Gasteiger partial charge in [0.2, 0.25) is 0 Å². The van der Waals surface area contributed by atoms with Crippen LogP contribution in [-0.2, 0) is 0 Å². The van der Waals surface area contributed by atoms with Crippen molar-refractivity contribution in [1.82, 2.24) is 4.98 Å². The molecule has 2 unspecified atom stereocenters. The number of rotatable bonds is 26. The zero-order valence-electron chi connectivity index (χ0n) is 24.7. The van der Waals surface area contributed by atoms with Gasteiger partial charge in [0.15, 0.2) is 0 Å². The van der Waals surface area contributed by atoms with Crippen LogP contribution in [0.25, 0.3) is 0 Å². The van der Waals surface area contributed by atoms with E-state index in [1.54, 1.807) is 0 Å². The predicted molar refractivity (Wildman–Crippen MR) is 156 cm³/mol. The molecule has 1 aromatic heterocycles. The van der Waals surface area contributed by atoms with E-state index in [9.17, 15) is 0 Å². The maximum absolute atomic E-state index is 3.68. The molecule has 2 atom stereocenters. The van der Waals surface area contributed by atoms with Gasteiger partial charge in [0, 0.05) is 0 Å². The molecular weight excluding hydrogens is 424 g/mol. The lowest BCUT2D eigenvalue weighted by molar-refractivity contribution is -0.727. The average Bonchev–Trinajstić information content (AvgIpc) is 3.35. The monoisotopic (exact) mass is 490 g/mol. The van der Waals surface area contributed by atoms with Crippen molar-refractivity contribution in [2.24, 2.45) is 0 Å². The highest BCUT2D eigenvalue weighted by molar-refractivity contribution is 4.90. The summed E-state index contributed by atoms with van der Waals surface area (Å²) >= 11 is 0. The van der Waals surface area contributed by atoms with Gasteiger partial charge in [-0.3, -0.25) is 0 Å². The molecule has 0 bridgehead atoms. The van der Waals surface area contributed by atoms with Crippen LogP contribution in [0.15, 0.2) is 12.4 Å². The van der Waals surface area contributed by atoms with E-state index >= 15 is 0 Å². The maximum atomic E-state index is 3.68. The number of aromatic amines is 1. The Labute approximate surface area is 221 Å².